The van der Waals surface area contributed by atoms with Crippen molar-refractivity contribution in [2.24, 2.45) is 5.73 Å². The molecule has 2 heterocycles. The van der Waals surface area contributed by atoms with Gasteiger partial charge in [-0.05, 0) is 44.0 Å². The van der Waals surface area contributed by atoms with E-state index in [1.165, 1.54) is 20.0 Å². The maximum absolute atomic E-state index is 12.6. The van der Waals surface area contributed by atoms with Crippen LogP contribution in [-0.2, 0) is 4.79 Å². The van der Waals surface area contributed by atoms with Gasteiger partial charge in [-0.25, -0.2) is 0 Å². The first kappa shape index (κ1) is 17.5. The first-order valence-electron chi connectivity index (χ1n) is 8.72. The van der Waals surface area contributed by atoms with Crippen molar-refractivity contribution in [1.29, 1.82) is 0 Å². The average molecular weight is 347 g/mol. The molecule has 0 radical (unpaired) electrons. The van der Waals surface area contributed by atoms with Crippen molar-refractivity contribution in [3.63, 3.8) is 0 Å². The number of carbonyl (C=O) groups is 2. The summed E-state index contributed by atoms with van der Waals surface area (Å²) in [7, 11) is 1.49. The number of piperidine rings is 1. The molecule has 3 N–H and O–H groups in total. The summed E-state index contributed by atoms with van der Waals surface area (Å²) in [4.78, 5) is 25.9. The summed E-state index contributed by atoms with van der Waals surface area (Å²) >= 11 is 0. The molecular weight excluding hydrogens is 322 g/mol. The van der Waals surface area contributed by atoms with E-state index in [1.807, 2.05) is 0 Å². The lowest BCUT2D eigenvalue weighted by atomic mass is 9.99. The van der Waals surface area contributed by atoms with Gasteiger partial charge in [0.2, 0.25) is 0 Å². The van der Waals surface area contributed by atoms with Gasteiger partial charge in [-0.15, -0.1) is 0 Å². The molecule has 3 rings (SSSR count). The fourth-order valence-corrected chi connectivity index (χ4v) is 3.74. The van der Waals surface area contributed by atoms with Crippen LogP contribution in [0.4, 0.5) is 0 Å². The van der Waals surface area contributed by atoms with Gasteiger partial charge in [-0.3, -0.25) is 14.5 Å². The average Bonchev–Trinajstić information content (AvgIpc) is 3.02. The Kier molecular flexibility index (Phi) is 5.43. The van der Waals surface area contributed by atoms with Crippen molar-refractivity contribution in [1.82, 2.24) is 10.2 Å². The molecule has 1 aromatic rings. The molecule has 1 aromatic carbocycles. The molecule has 0 aliphatic carbocycles. The molecule has 25 heavy (non-hydrogen) atoms. The van der Waals surface area contributed by atoms with Crippen molar-refractivity contribution in [3.05, 3.63) is 23.8 Å². The van der Waals surface area contributed by atoms with Gasteiger partial charge in [0.15, 0.2) is 18.1 Å². The second kappa shape index (κ2) is 7.74. The fourth-order valence-electron chi connectivity index (χ4n) is 3.74. The molecule has 2 amide bonds. The van der Waals surface area contributed by atoms with Crippen molar-refractivity contribution in [2.75, 3.05) is 26.8 Å². The summed E-state index contributed by atoms with van der Waals surface area (Å²) in [6.45, 7) is 1.96. The predicted molar refractivity (Wildman–Crippen MR) is 92.8 cm³/mol. The minimum absolute atomic E-state index is 0.114. The van der Waals surface area contributed by atoms with E-state index in [0.717, 1.165) is 25.9 Å². The summed E-state index contributed by atoms with van der Waals surface area (Å²) < 4.78 is 10.5. The van der Waals surface area contributed by atoms with E-state index in [1.54, 1.807) is 18.2 Å². The molecule has 2 aliphatic rings. The van der Waals surface area contributed by atoms with Gasteiger partial charge < -0.3 is 20.5 Å². The molecule has 2 saturated heterocycles. The molecule has 0 bridgehead atoms. The Bertz CT molecular complexity index is 649. The highest BCUT2D eigenvalue weighted by molar-refractivity contribution is 5.95. The number of amides is 2. The third kappa shape index (κ3) is 4.04. The smallest absolute Gasteiger partial charge is 0.255 e. The molecule has 0 spiro atoms. The van der Waals surface area contributed by atoms with Gasteiger partial charge in [0.05, 0.1) is 7.11 Å². The van der Waals surface area contributed by atoms with E-state index in [2.05, 4.69) is 10.2 Å². The summed E-state index contributed by atoms with van der Waals surface area (Å²) in [5.74, 6) is 0.108. The summed E-state index contributed by atoms with van der Waals surface area (Å²) in [6, 6.07) is 5.57. The Hall–Kier alpha value is -2.28. The van der Waals surface area contributed by atoms with Crippen LogP contribution in [0.1, 0.15) is 36.0 Å². The van der Waals surface area contributed by atoms with Crippen LogP contribution in [0.5, 0.6) is 11.5 Å². The number of nitrogens with two attached hydrogens (primary N) is 1. The van der Waals surface area contributed by atoms with E-state index >= 15 is 0 Å². The number of hydrogen-bond donors (Lipinski definition) is 2. The Labute approximate surface area is 147 Å². The van der Waals surface area contributed by atoms with Crippen molar-refractivity contribution in [3.8, 4) is 11.5 Å². The monoisotopic (exact) mass is 347 g/mol. The molecule has 2 aliphatic heterocycles. The SMILES string of the molecule is COc1cc(C(=O)N[C@H]2CCN3CCCC[C@@H]23)ccc1OCC(N)=O. The van der Waals surface area contributed by atoms with Crippen LogP contribution in [0.15, 0.2) is 18.2 Å². The Balaban J connectivity index is 1.66. The van der Waals surface area contributed by atoms with Crippen LogP contribution in [-0.4, -0.2) is 55.6 Å². The van der Waals surface area contributed by atoms with Crippen molar-refractivity contribution in [2.45, 2.75) is 37.8 Å². The number of hydrogen-bond acceptors (Lipinski definition) is 5. The fraction of sp³-hybridized carbons (Fsp3) is 0.556. The number of benzene rings is 1. The highest BCUT2D eigenvalue weighted by Crippen LogP contribution is 2.29. The minimum Gasteiger partial charge on any atom is -0.493 e. The van der Waals surface area contributed by atoms with E-state index in [-0.39, 0.29) is 18.6 Å². The summed E-state index contributed by atoms with van der Waals surface area (Å²) in [5, 5.41) is 3.16. The predicted octanol–water partition coefficient (Wildman–Crippen LogP) is 0.916. The highest BCUT2D eigenvalue weighted by Gasteiger charge is 2.36. The lowest BCUT2D eigenvalue weighted by molar-refractivity contribution is -0.119. The number of carbonyl (C=O) groups excluding carboxylic acids is 2. The number of primary amides is 1. The first-order chi connectivity index (χ1) is 12.1. The number of methoxy groups -OCH3 is 1. The van der Waals surface area contributed by atoms with E-state index in [4.69, 9.17) is 15.2 Å². The molecule has 136 valence electrons. The normalized spacial score (nSPS) is 22.9. The largest absolute Gasteiger partial charge is 0.493 e. The van der Waals surface area contributed by atoms with Crippen LogP contribution in [0.2, 0.25) is 0 Å². The maximum Gasteiger partial charge on any atom is 0.255 e. The number of nitrogens with one attached hydrogen (secondary N) is 1. The van der Waals surface area contributed by atoms with E-state index < -0.39 is 5.91 Å². The van der Waals surface area contributed by atoms with Gasteiger partial charge in [0.25, 0.3) is 11.8 Å². The Morgan fingerprint density at radius 1 is 1.24 bits per heavy atom. The third-order valence-electron chi connectivity index (χ3n) is 4.97. The molecule has 0 saturated carbocycles. The molecule has 2 fully saturated rings. The van der Waals surface area contributed by atoms with Gasteiger partial charge in [0.1, 0.15) is 0 Å². The maximum atomic E-state index is 12.6. The quantitative estimate of drug-likeness (QED) is 0.798. The number of ether oxygens (including phenoxy) is 2. The van der Waals surface area contributed by atoms with Crippen LogP contribution in [0.25, 0.3) is 0 Å². The van der Waals surface area contributed by atoms with Gasteiger partial charge in [-0.1, -0.05) is 6.42 Å². The zero-order valence-electron chi connectivity index (χ0n) is 14.5. The second-order valence-electron chi connectivity index (χ2n) is 6.59. The lowest BCUT2D eigenvalue weighted by Gasteiger charge is -2.32. The zero-order valence-corrected chi connectivity index (χ0v) is 14.5. The lowest BCUT2D eigenvalue weighted by Crippen LogP contribution is -2.46. The highest BCUT2D eigenvalue weighted by atomic mass is 16.5. The molecular formula is C18H25N3O4. The third-order valence-corrected chi connectivity index (χ3v) is 4.97. The van der Waals surface area contributed by atoms with Gasteiger partial charge in [-0.2, -0.15) is 0 Å². The van der Waals surface area contributed by atoms with E-state index in [0.29, 0.717) is 23.1 Å². The second-order valence-corrected chi connectivity index (χ2v) is 6.59. The molecule has 0 unspecified atom stereocenters. The zero-order chi connectivity index (χ0) is 17.8. The van der Waals surface area contributed by atoms with Crippen LogP contribution in [0.3, 0.4) is 0 Å². The Morgan fingerprint density at radius 3 is 2.84 bits per heavy atom. The molecule has 2 atom stereocenters. The summed E-state index contributed by atoms with van der Waals surface area (Å²) in [5.41, 5.74) is 5.59. The van der Waals surface area contributed by atoms with Crippen LogP contribution >= 0.6 is 0 Å². The molecule has 7 heteroatoms. The minimum atomic E-state index is -0.567. The number of nitrogens with zero attached hydrogens (tertiary/aromatic N) is 1. The van der Waals surface area contributed by atoms with Gasteiger partial charge >= 0.3 is 0 Å². The Morgan fingerprint density at radius 2 is 2.08 bits per heavy atom. The van der Waals surface area contributed by atoms with Crippen LogP contribution < -0.4 is 20.5 Å². The van der Waals surface area contributed by atoms with E-state index in [9.17, 15) is 9.59 Å². The number of fused-ring (bicyclic) bond motifs is 1. The standard InChI is InChI=1S/C18H25N3O4/c1-24-16-10-12(5-6-15(16)25-11-17(19)22)18(23)20-13-7-9-21-8-3-2-4-14(13)21/h5-6,10,13-14H,2-4,7-9,11H2,1H3,(H2,19,22)(H,20,23)/t13-,14-/m0/s1. The van der Waals surface area contributed by atoms with Crippen LogP contribution in [0, 0.1) is 0 Å². The summed E-state index contributed by atoms with van der Waals surface area (Å²) in [6.07, 6.45) is 4.62. The van der Waals surface area contributed by atoms with Gasteiger partial charge in [0, 0.05) is 24.2 Å². The molecule has 0 aromatic heterocycles. The van der Waals surface area contributed by atoms with Crippen molar-refractivity contribution >= 4 is 11.8 Å². The number of rotatable bonds is 6. The molecule has 7 nitrogen and oxygen atoms in total. The van der Waals surface area contributed by atoms with Crippen molar-refractivity contribution < 1.29 is 19.1 Å². The topological polar surface area (TPSA) is 93.9 Å². The first-order valence-corrected chi connectivity index (χ1v) is 8.72.